The molecule has 5 nitrogen and oxygen atoms in total. The van der Waals surface area contributed by atoms with Gasteiger partial charge < -0.3 is 4.57 Å². The molecular formula is C30H28FN3O2S2. The van der Waals surface area contributed by atoms with Crippen molar-refractivity contribution in [3.63, 3.8) is 0 Å². The molecule has 4 aliphatic carbocycles. The molecular weight excluding hydrogens is 517 g/mol. The van der Waals surface area contributed by atoms with Crippen LogP contribution in [0.3, 0.4) is 0 Å². The normalized spacial score (nSPS) is 29.1. The van der Waals surface area contributed by atoms with E-state index in [0.29, 0.717) is 39.1 Å². The Morgan fingerprint density at radius 3 is 2.42 bits per heavy atom. The molecule has 4 saturated carbocycles. The lowest BCUT2D eigenvalue weighted by atomic mass is 9.49. The van der Waals surface area contributed by atoms with E-state index < -0.39 is 0 Å². The Bertz CT molecular complexity index is 1490. The highest BCUT2D eigenvalue weighted by Crippen LogP contribution is 2.60. The lowest BCUT2D eigenvalue weighted by Gasteiger charge is -2.55. The third-order valence-corrected chi connectivity index (χ3v) is 10.2. The van der Waals surface area contributed by atoms with Crippen LogP contribution in [0.2, 0.25) is 0 Å². The van der Waals surface area contributed by atoms with Crippen LogP contribution in [0.25, 0.3) is 17.0 Å². The average molecular weight is 546 g/mol. The van der Waals surface area contributed by atoms with Gasteiger partial charge in [0.05, 0.1) is 16.9 Å². The first-order valence-electron chi connectivity index (χ1n) is 13.3. The zero-order chi connectivity index (χ0) is 26.0. The number of para-hydroxylation sites is 1. The molecule has 0 radical (unpaired) electrons. The Morgan fingerprint density at radius 2 is 1.71 bits per heavy atom. The highest BCUT2D eigenvalue weighted by molar-refractivity contribution is 8.26. The van der Waals surface area contributed by atoms with Gasteiger partial charge >= 0.3 is 0 Å². The van der Waals surface area contributed by atoms with E-state index in [0.717, 1.165) is 35.7 Å². The van der Waals surface area contributed by atoms with Crippen LogP contribution in [0.4, 0.5) is 4.39 Å². The van der Waals surface area contributed by atoms with Gasteiger partial charge in [0.15, 0.2) is 4.32 Å². The molecule has 5 fully saturated rings. The molecule has 38 heavy (non-hydrogen) atoms. The van der Waals surface area contributed by atoms with Gasteiger partial charge in [-0.25, -0.2) is 4.39 Å². The summed E-state index contributed by atoms with van der Waals surface area (Å²) in [5, 5.41) is 2.23. The topological polar surface area (TPSA) is 54.3 Å². The molecule has 0 spiro atoms. The average Bonchev–Trinajstić information content (AvgIpc) is 3.36. The van der Waals surface area contributed by atoms with E-state index in [1.54, 1.807) is 12.1 Å². The number of nitrogens with one attached hydrogen (secondary N) is 1. The minimum Gasteiger partial charge on any atom is -0.342 e. The van der Waals surface area contributed by atoms with Crippen molar-refractivity contribution >= 4 is 57.1 Å². The van der Waals surface area contributed by atoms with Crippen LogP contribution in [0, 0.1) is 29.0 Å². The van der Waals surface area contributed by atoms with Crippen LogP contribution < -0.4 is 5.43 Å². The molecule has 1 N–H and O–H groups in total. The zero-order valence-corrected chi connectivity index (χ0v) is 22.5. The number of thioether (sulfide) groups is 1. The van der Waals surface area contributed by atoms with Crippen LogP contribution in [0.1, 0.15) is 49.7 Å². The van der Waals surface area contributed by atoms with Gasteiger partial charge in [0.25, 0.3) is 5.91 Å². The summed E-state index contributed by atoms with van der Waals surface area (Å²) in [7, 11) is 0. The molecule has 1 aromatic heterocycles. The van der Waals surface area contributed by atoms with Crippen molar-refractivity contribution in [1.82, 2.24) is 15.0 Å². The van der Waals surface area contributed by atoms with Crippen LogP contribution in [-0.2, 0) is 16.1 Å². The van der Waals surface area contributed by atoms with E-state index in [1.807, 2.05) is 47.2 Å². The largest absolute Gasteiger partial charge is 0.342 e. The number of hydrogen-bond acceptors (Lipinski definition) is 4. The second kappa shape index (κ2) is 9.06. The van der Waals surface area contributed by atoms with E-state index in [1.165, 1.54) is 42.1 Å². The Balaban J connectivity index is 1.15. The molecule has 1 aliphatic heterocycles. The van der Waals surface area contributed by atoms with Crippen molar-refractivity contribution in [2.45, 2.75) is 45.1 Å². The zero-order valence-electron chi connectivity index (χ0n) is 20.9. The summed E-state index contributed by atoms with van der Waals surface area (Å²) in [4.78, 5) is 27.5. The van der Waals surface area contributed by atoms with Crippen LogP contribution in [0.15, 0.2) is 59.6 Å². The van der Waals surface area contributed by atoms with Gasteiger partial charge in [-0.1, -0.05) is 48.2 Å². The van der Waals surface area contributed by atoms with Crippen molar-refractivity contribution < 1.29 is 14.0 Å². The smallest absolute Gasteiger partial charge is 0.285 e. The molecule has 2 amide bonds. The summed E-state index contributed by atoms with van der Waals surface area (Å²) in [6, 6.07) is 14.6. The minimum atomic E-state index is -0.359. The first kappa shape index (κ1) is 24.1. The summed E-state index contributed by atoms with van der Waals surface area (Å²) >= 11 is 6.74. The number of benzene rings is 2. The maximum atomic E-state index is 14.4. The number of carbonyl (C=O) groups excluding carboxylic acids is 2. The molecule has 0 atom stereocenters. The number of halogens is 1. The number of aromatic nitrogens is 1. The molecule has 0 unspecified atom stereocenters. The fraction of sp³-hybridized carbons (Fsp3) is 0.367. The van der Waals surface area contributed by atoms with Crippen LogP contribution in [0.5, 0.6) is 0 Å². The van der Waals surface area contributed by atoms with Crippen molar-refractivity contribution in [2.24, 2.45) is 23.2 Å². The molecule has 2 heterocycles. The quantitative estimate of drug-likeness (QED) is 0.303. The third kappa shape index (κ3) is 4.00. The lowest BCUT2D eigenvalue weighted by molar-refractivity contribution is -0.152. The molecule has 3 aromatic rings. The number of fused-ring (bicyclic) bond motifs is 1. The predicted octanol–water partition coefficient (Wildman–Crippen LogP) is 6.28. The van der Waals surface area contributed by atoms with E-state index in [4.69, 9.17) is 12.2 Å². The maximum Gasteiger partial charge on any atom is 0.285 e. The van der Waals surface area contributed by atoms with Crippen molar-refractivity contribution in [3.05, 3.63) is 76.6 Å². The maximum absolute atomic E-state index is 14.4. The number of hydrogen-bond donors (Lipinski definition) is 1. The number of carbonyl (C=O) groups is 2. The van der Waals surface area contributed by atoms with Crippen molar-refractivity contribution in [2.75, 3.05) is 0 Å². The number of thiocarbonyl (C=S) groups is 1. The van der Waals surface area contributed by atoms with Crippen molar-refractivity contribution in [3.8, 4) is 0 Å². The van der Waals surface area contributed by atoms with Gasteiger partial charge in [-0.15, -0.1) is 0 Å². The highest BCUT2D eigenvalue weighted by Gasteiger charge is 2.55. The standard InChI is InChI=1S/C30H28FN3O2S2/c31-24-7-3-1-5-21(24)16-33-17-22(23-6-2-4-8-25(23)33)12-26-27(35)34(29(37)38-26)32-28(36)30-13-18-9-19(14-30)11-20(10-18)15-30/h1-8,12,17-20H,9-11,13-16H2,(H,32,36)/b26-12-. The molecule has 2 aromatic carbocycles. The van der Waals surface area contributed by atoms with Gasteiger partial charge in [-0.3, -0.25) is 15.0 Å². The fourth-order valence-electron chi connectivity index (χ4n) is 7.65. The fourth-order valence-corrected chi connectivity index (χ4v) is 8.82. The second-order valence-electron chi connectivity index (χ2n) is 11.5. The summed E-state index contributed by atoms with van der Waals surface area (Å²) in [6.07, 6.45) is 10.3. The molecule has 194 valence electrons. The molecule has 4 bridgehead atoms. The van der Waals surface area contributed by atoms with Crippen LogP contribution >= 0.6 is 24.0 Å². The van der Waals surface area contributed by atoms with E-state index in [2.05, 4.69) is 5.43 Å². The first-order chi connectivity index (χ1) is 18.4. The molecule has 1 saturated heterocycles. The Labute approximate surface area is 230 Å². The molecule has 8 heteroatoms. The van der Waals surface area contributed by atoms with E-state index >= 15 is 0 Å². The Kier molecular flexibility index (Phi) is 5.74. The number of nitrogens with zero attached hydrogens (tertiary/aromatic N) is 2. The van der Waals surface area contributed by atoms with Gasteiger partial charge in [0.1, 0.15) is 5.82 Å². The van der Waals surface area contributed by atoms with Crippen molar-refractivity contribution in [1.29, 1.82) is 0 Å². The van der Waals surface area contributed by atoms with E-state index in [-0.39, 0.29) is 23.0 Å². The first-order valence-corrected chi connectivity index (χ1v) is 14.5. The summed E-state index contributed by atoms with van der Waals surface area (Å²) < 4.78 is 16.7. The number of rotatable bonds is 5. The Morgan fingerprint density at radius 1 is 1.05 bits per heavy atom. The minimum absolute atomic E-state index is 0.0457. The highest BCUT2D eigenvalue weighted by atomic mass is 32.2. The van der Waals surface area contributed by atoms with Gasteiger partial charge in [0.2, 0.25) is 5.91 Å². The third-order valence-electron chi connectivity index (χ3n) is 8.93. The van der Waals surface area contributed by atoms with E-state index in [9.17, 15) is 14.0 Å². The Hall–Kier alpha value is -2.97. The van der Waals surface area contributed by atoms with Gasteiger partial charge in [0, 0.05) is 28.2 Å². The number of amides is 2. The van der Waals surface area contributed by atoms with Gasteiger partial charge in [-0.2, -0.15) is 5.01 Å². The monoisotopic (exact) mass is 545 g/mol. The predicted molar refractivity (Wildman–Crippen MR) is 151 cm³/mol. The van der Waals surface area contributed by atoms with Gasteiger partial charge in [-0.05, 0) is 86.7 Å². The lowest BCUT2D eigenvalue weighted by Crippen LogP contribution is -2.57. The number of hydrazine groups is 1. The molecule has 8 rings (SSSR count). The molecule has 5 aliphatic rings. The summed E-state index contributed by atoms with van der Waals surface area (Å²) in [6.45, 7) is 0.378. The SMILES string of the molecule is O=C1/C(=C/c2cn(Cc3ccccc3F)c3ccccc23)SC(=S)N1NC(=O)C12CC3CC(CC(C3)C1)C2. The summed E-state index contributed by atoms with van der Waals surface area (Å²) in [5.41, 5.74) is 4.97. The second-order valence-corrected chi connectivity index (χ2v) is 13.2. The van der Waals surface area contributed by atoms with Crippen LogP contribution in [-0.4, -0.2) is 25.7 Å². The summed E-state index contributed by atoms with van der Waals surface area (Å²) in [5.74, 6) is 1.32.